The molecule has 78 valence electrons. The minimum absolute atomic E-state index is 0.200. The molecule has 0 spiro atoms. The Morgan fingerprint density at radius 1 is 1.67 bits per heavy atom. The summed E-state index contributed by atoms with van der Waals surface area (Å²) in [5.74, 6) is -1.42. The van der Waals surface area contributed by atoms with Crippen molar-refractivity contribution in [3.8, 4) is 6.07 Å². The number of nitrogens with zero attached hydrogens (tertiary/aromatic N) is 2. The van der Waals surface area contributed by atoms with Crippen LogP contribution in [0.5, 0.6) is 0 Å². The summed E-state index contributed by atoms with van der Waals surface area (Å²) < 4.78 is 24.5. The Kier molecular flexibility index (Phi) is 3.52. The lowest BCUT2D eigenvalue weighted by Crippen LogP contribution is -2.08. The minimum Gasteiger partial charge on any atom is -0.478 e. The van der Waals surface area contributed by atoms with Crippen molar-refractivity contribution in [3.05, 3.63) is 26.6 Å². The molecule has 0 aliphatic heterocycles. The van der Waals surface area contributed by atoms with Crippen molar-refractivity contribution in [2.75, 3.05) is 0 Å². The number of hydrogen-bond acceptors (Lipinski definition) is 3. The number of nitriles is 1. The SMILES string of the molecule is N#Cc1cnc(C(F)F)c(I)c1C(=O)O. The number of aromatic carboxylic acids is 1. The molecule has 1 aromatic heterocycles. The highest BCUT2D eigenvalue weighted by molar-refractivity contribution is 14.1. The molecule has 0 aliphatic carbocycles. The van der Waals surface area contributed by atoms with E-state index >= 15 is 0 Å². The maximum absolute atomic E-state index is 12.4. The van der Waals surface area contributed by atoms with E-state index in [2.05, 4.69) is 4.98 Å². The number of pyridine rings is 1. The van der Waals surface area contributed by atoms with Gasteiger partial charge in [0, 0.05) is 6.20 Å². The second kappa shape index (κ2) is 4.48. The first-order valence-corrected chi connectivity index (χ1v) is 4.66. The van der Waals surface area contributed by atoms with Crippen LogP contribution >= 0.6 is 22.6 Å². The number of carboxylic acids is 1. The maximum Gasteiger partial charge on any atom is 0.338 e. The van der Waals surface area contributed by atoms with E-state index in [-0.39, 0.29) is 9.13 Å². The van der Waals surface area contributed by atoms with Crippen molar-refractivity contribution in [1.82, 2.24) is 4.98 Å². The normalized spacial score (nSPS) is 10.1. The van der Waals surface area contributed by atoms with Crippen LogP contribution in [-0.4, -0.2) is 16.1 Å². The molecule has 15 heavy (non-hydrogen) atoms. The summed E-state index contributed by atoms with van der Waals surface area (Å²) in [6, 6.07) is 1.59. The third kappa shape index (κ3) is 2.20. The Morgan fingerprint density at radius 3 is 2.67 bits per heavy atom. The highest BCUT2D eigenvalue weighted by Crippen LogP contribution is 2.26. The lowest BCUT2D eigenvalue weighted by molar-refractivity contribution is 0.0694. The largest absolute Gasteiger partial charge is 0.478 e. The first kappa shape index (κ1) is 11.8. The summed E-state index contributed by atoms with van der Waals surface area (Å²) in [6.45, 7) is 0. The van der Waals surface area contributed by atoms with Crippen LogP contribution in [0.1, 0.15) is 28.0 Å². The van der Waals surface area contributed by atoms with Crippen molar-refractivity contribution in [3.63, 3.8) is 0 Å². The van der Waals surface area contributed by atoms with Gasteiger partial charge in [0.05, 0.1) is 14.7 Å². The van der Waals surface area contributed by atoms with Gasteiger partial charge in [-0.1, -0.05) is 0 Å². The molecule has 7 heteroatoms. The monoisotopic (exact) mass is 324 g/mol. The van der Waals surface area contributed by atoms with Gasteiger partial charge < -0.3 is 5.11 Å². The number of carbonyl (C=O) groups is 1. The molecule has 0 aromatic carbocycles. The standard InChI is InChI=1S/C8H3F2IN2O2/c9-7(10)6-5(11)4(8(14)15)3(1-12)2-13-6/h2,7H,(H,14,15). The van der Waals surface area contributed by atoms with Crippen molar-refractivity contribution in [2.45, 2.75) is 6.43 Å². The second-order valence-corrected chi connectivity index (χ2v) is 3.54. The van der Waals surface area contributed by atoms with Crippen LogP contribution in [0.3, 0.4) is 0 Å². The minimum atomic E-state index is -2.86. The molecule has 0 bridgehead atoms. The van der Waals surface area contributed by atoms with Crippen LogP contribution in [0, 0.1) is 14.9 Å². The van der Waals surface area contributed by atoms with Crippen LogP contribution in [0.15, 0.2) is 6.20 Å². The van der Waals surface area contributed by atoms with Gasteiger partial charge in [0.2, 0.25) is 0 Å². The summed E-state index contributed by atoms with van der Waals surface area (Å²) in [7, 11) is 0. The number of halogens is 3. The predicted octanol–water partition coefficient (Wildman–Crippen LogP) is 2.19. The molecule has 0 aliphatic rings. The number of hydrogen-bond donors (Lipinski definition) is 1. The van der Waals surface area contributed by atoms with E-state index in [1.807, 2.05) is 0 Å². The number of aromatic nitrogens is 1. The Balaban J connectivity index is 3.51. The fourth-order valence-corrected chi connectivity index (χ4v) is 1.84. The first-order chi connectivity index (χ1) is 6.99. The zero-order valence-corrected chi connectivity index (χ0v) is 9.20. The molecule has 1 heterocycles. The third-order valence-electron chi connectivity index (χ3n) is 1.59. The van der Waals surface area contributed by atoms with Gasteiger partial charge in [-0.05, 0) is 22.6 Å². The second-order valence-electron chi connectivity index (χ2n) is 2.46. The summed E-state index contributed by atoms with van der Waals surface area (Å²) in [5.41, 5.74) is -1.27. The lowest BCUT2D eigenvalue weighted by atomic mass is 10.1. The third-order valence-corrected chi connectivity index (χ3v) is 2.68. The van der Waals surface area contributed by atoms with E-state index < -0.39 is 23.7 Å². The average Bonchev–Trinajstić information content (AvgIpc) is 2.15. The molecule has 0 saturated carbocycles. The van der Waals surface area contributed by atoms with Gasteiger partial charge in [0.1, 0.15) is 11.8 Å². The summed E-state index contributed by atoms with van der Waals surface area (Å²) in [4.78, 5) is 14.1. The summed E-state index contributed by atoms with van der Waals surface area (Å²) in [6.07, 6.45) is -2.02. The van der Waals surface area contributed by atoms with Crippen molar-refractivity contribution < 1.29 is 18.7 Å². The quantitative estimate of drug-likeness (QED) is 0.847. The molecule has 1 aromatic rings. The Hall–Kier alpha value is -1.30. The van der Waals surface area contributed by atoms with Gasteiger partial charge >= 0.3 is 5.97 Å². The molecular weight excluding hydrogens is 321 g/mol. The zero-order chi connectivity index (χ0) is 11.6. The molecule has 4 nitrogen and oxygen atoms in total. The van der Waals surface area contributed by atoms with E-state index in [1.165, 1.54) is 22.6 Å². The van der Waals surface area contributed by atoms with Gasteiger partial charge in [0.25, 0.3) is 6.43 Å². The Bertz CT molecular complexity index is 457. The van der Waals surface area contributed by atoms with Gasteiger partial charge in [-0.3, -0.25) is 4.98 Å². The molecular formula is C8H3F2IN2O2. The van der Waals surface area contributed by atoms with Crippen LogP contribution < -0.4 is 0 Å². The van der Waals surface area contributed by atoms with Gasteiger partial charge in [-0.2, -0.15) is 5.26 Å². The lowest BCUT2D eigenvalue weighted by Gasteiger charge is -2.06. The van der Waals surface area contributed by atoms with E-state index in [0.29, 0.717) is 0 Å². The Morgan fingerprint density at radius 2 is 2.27 bits per heavy atom. The van der Waals surface area contributed by atoms with Gasteiger partial charge in [-0.25, -0.2) is 13.6 Å². The highest BCUT2D eigenvalue weighted by Gasteiger charge is 2.22. The number of alkyl halides is 2. The van der Waals surface area contributed by atoms with E-state index in [0.717, 1.165) is 6.20 Å². The van der Waals surface area contributed by atoms with Crippen molar-refractivity contribution in [2.24, 2.45) is 0 Å². The van der Waals surface area contributed by atoms with E-state index in [1.54, 1.807) is 6.07 Å². The molecule has 0 unspecified atom stereocenters. The van der Waals surface area contributed by atoms with Crippen molar-refractivity contribution in [1.29, 1.82) is 5.26 Å². The number of carboxylic acid groups (broad SMARTS) is 1. The van der Waals surface area contributed by atoms with Gasteiger partial charge in [0.15, 0.2) is 0 Å². The average molecular weight is 324 g/mol. The van der Waals surface area contributed by atoms with Crippen LogP contribution in [0.25, 0.3) is 0 Å². The Labute approximate surface area is 96.7 Å². The van der Waals surface area contributed by atoms with Crippen LogP contribution in [0.4, 0.5) is 8.78 Å². The molecule has 1 rings (SSSR count). The van der Waals surface area contributed by atoms with E-state index in [9.17, 15) is 13.6 Å². The molecule has 1 N–H and O–H groups in total. The predicted molar refractivity (Wildman–Crippen MR) is 53.6 cm³/mol. The van der Waals surface area contributed by atoms with Crippen molar-refractivity contribution >= 4 is 28.6 Å². The maximum atomic E-state index is 12.4. The molecule has 0 atom stereocenters. The molecule has 0 amide bonds. The molecule has 0 radical (unpaired) electrons. The van der Waals surface area contributed by atoms with E-state index in [4.69, 9.17) is 10.4 Å². The highest BCUT2D eigenvalue weighted by atomic mass is 127. The van der Waals surface area contributed by atoms with Crippen LogP contribution in [-0.2, 0) is 0 Å². The summed E-state index contributed by atoms with van der Waals surface area (Å²) in [5, 5.41) is 17.3. The first-order valence-electron chi connectivity index (χ1n) is 3.59. The number of rotatable bonds is 2. The fourth-order valence-electron chi connectivity index (χ4n) is 0.948. The van der Waals surface area contributed by atoms with Crippen LogP contribution in [0.2, 0.25) is 0 Å². The topological polar surface area (TPSA) is 74.0 Å². The van der Waals surface area contributed by atoms with Gasteiger partial charge in [-0.15, -0.1) is 0 Å². The fraction of sp³-hybridized carbons (Fsp3) is 0.125. The molecule has 0 saturated heterocycles. The zero-order valence-electron chi connectivity index (χ0n) is 7.04. The smallest absolute Gasteiger partial charge is 0.338 e. The molecule has 0 fully saturated rings. The summed E-state index contributed by atoms with van der Waals surface area (Å²) >= 11 is 1.45.